The van der Waals surface area contributed by atoms with E-state index in [1.54, 1.807) is 17.7 Å². The summed E-state index contributed by atoms with van der Waals surface area (Å²) in [5.74, 6) is 0.364. The average Bonchev–Trinajstić information content (AvgIpc) is 3.39. The molecule has 0 spiro atoms. The van der Waals surface area contributed by atoms with E-state index in [2.05, 4.69) is 46.7 Å². The quantitative estimate of drug-likeness (QED) is 0.466. The van der Waals surface area contributed by atoms with Crippen molar-refractivity contribution in [3.63, 3.8) is 0 Å². The van der Waals surface area contributed by atoms with Crippen molar-refractivity contribution in [3.8, 4) is 11.8 Å². The molecule has 0 fully saturated rings. The Morgan fingerprint density at radius 3 is 2.83 bits per heavy atom. The number of benzene rings is 2. The first-order valence-electron chi connectivity index (χ1n) is 10.1. The van der Waals surface area contributed by atoms with Gasteiger partial charge in [-0.25, -0.2) is 9.97 Å². The molecule has 2 aromatic carbocycles. The topological polar surface area (TPSA) is 66.5 Å². The largest absolute Gasteiger partial charge is 0.331 e. The predicted molar refractivity (Wildman–Crippen MR) is 120 cm³/mol. The number of hydrogen-bond donors (Lipinski definition) is 1. The lowest BCUT2D eigenvalue weighted by Gasteiger charge is -2.21. The van der Waals surface area contributed by atoms with Crippen LogP contribution in [0.25, 0.3) is 5.69 Å². The van der Waals surface area contributed by atoms with Gasteiger partial charge in [0.2, 0.25) is 0 Å². The van der Waals surface area contributed by atoms with Gasteiger partial charge >= 0.3 is 0 Å². The van der Waals surface area contributed by atoms with Crippen LogP contribution in [0.2, 0.25) is 0 Å². The Hall–Kier alpha value is -3.43. The highest BCUT2D eigenvalue weighted by Crippen LogP contribution is 2.40. The zero-order valence-corrected chi connectivity index (χ0v) is 17.5. The van der Waals surface area contributed by atoms with Gasteiger partial charge in [-0.1, -0.05) is 30.3 Å². The molecule has 0 radical (unpaired) electrons. The van der Waals surface area contributed by atoms with Gasteiger partial charge in [0.05, 0.1) is 29.0 Å². The first-order chi connectivity index (χ1) is 14.7. The molecule has 5 nitrogen and oxygen atoms in total. The summed E-state index contributed by atoms with van der Waals surface area (Å²) in [5, 5.41) is 14.0. The minimum absolute atomic E-state index is 0.364. The molecule has 0 saturated heterocycles. The van der Waals surface area contributed by atoms with E-state index in [1.165, 1.54) is 22.6 Å². The standard InChI is InChI=1S/C24H21N5S/c1-16-14-29(15-26-16)21-11-10-19(12-18(21)13-25)27-24-28-23-20(8-5-9-22(23)30-24)17-6-3-2-4-7-17/h2-4,6-7,10-12,14-15,20H,5,8-9H2,1H3,(H,27,28). The molecular formula is C24H21N5S. The van der Waals surface area contributed by atoms with Gasteiger partial charge in [-0.3, -0.25) is 0 Å². The van der Waals surface area contributed by atoms with E-state index in [0.29, 0.717) is 11.5 Å². The molecule has 1 N–H and O–H groups in total. The van der Waals surface area contributed by atoms with Gasteiger partial charge < -0.3 is 9.88 Å². The number of anilines is 2. The highest BCUT2D eigenvalue weighted by atomic mass is 32.1. The van der Waals surface area contributed by atoms with Crippen molar-refractivity contribution in [1.82, 2.24) is 14.5 Å². The molecule has 4 aromatic rings. The van der Waals surface area contributed by atoms with Crippen molar-refractivity contribution in [3.05, 3.63) is 88.4 Å². The van der Waals surface area contributed by atoms with Crippen LogP contribution >= 0.6 is 11.3 Å². The van der Waals surface area contributed by atoms with Gasteiger partial charge in [0.25, 0.3) is 0 Å². The molecule has 0 amide bonds. The third-order valence-electron chi connectivity index (χ3n) is 5.51. The van der Waals surface area contributed by atoms with Crippen LogP contribution < -0.4 is 5.32 Å². The van der Waals surface area contributed by atoms with Crippen LogP contribution in [-0.4, -0.2) is 14.5 Å². The molecular weight excluding hydrogens is 390 g/mol. The molecule has 6 heteroatoms. The van der Waals surface area contributed by atoms with Crippen molar-refractivity contribution >= 4 is 22.2 Å². The molecule has 148 valence electrons. The van der Waals surface area contributed by atoms with Crippen molar-refractivity contribution in [2.24, 2.45) is 0 Å². The van der Waals surface area contributed by atoms with E-state index in [9.17, 15) is 5.26 Å². The first kappa shape index (κ1) is 18.6. The lowest BCUT2D eigenvalue weighted by molar-refractivity contribution is 0.610. The Balaban J connectivity index is 1.43. The van der Waals surface area contributed by atoms with Crippen molar-refractivity contribution < 1.29 is 0 Å². The van der Waals surface area contributed by atoms with E-state index >= 15 is 0 Å². The summed E-state index contributed by atoms with van der Waals surface area (Å²) in [5.41, 5.74) is 5.75. The van der Waals surface area contributed by atoms with Crippen molar-refractivity contribution in [1.29, 1.82) is 5.26 Å². The second kappa shape index (κ2) is 7.77. The Kier molecular flexibility index (Phi) is 4.82. The molecule has 2 heterocycles. The van der Waals surface area contributed by atoms with Gasteiger partial charge in [0.15, 0.2) is 5.13 Å². The van der Waals surface area contributed by atoms with Gasteiger partial charge in [-0.2, -0.15) is 5.26 Å². The number of nitriles is 1. The van der Waals surface area contributed by atoms with Crippen LogP contribution in [0.3, 0.4) is 0 Å². The van der Waals surface area contributed by atoms with Crippen LogP contribution in [0.15, 0.2) is 61.1 Å². The number of hydrogen-bond acceptors (Lipinski definition) is 5. The molecule has 1 aliphatic rings. The molecule has 0 aliphatic heterocycles. The molecule has 5 rings (SSSR count). The molecule has 1 unspecified atom stereocenters. The Morgan fingerprint density at radius 1 is 1.20 bits per heavy atom. The minimum Gasteiger partial charge on any atom is -0.331 e. The number of nitrogens with one attached hydrogen (secondary N) is 1. The number of aromatic nitrogens is 3. The summed E-state index contributed by atoms with van der Waals surface area (Å²) < 4.78 is 1.88. The third kappa shape index (κ3) is 3.49. The van der Waals surface area contributed by atoms with Crippen LogP contribution in [0, 0.1) is 18.3 Å². The lowest BCUT2D eigenvalue weighted by atomic mass is 9.85. The minimum atomic E-state index is 0.364. The van der Waals surface area contributed by atoms with Crippen LogP contribution in [0.4, 0.5) is 10.8 Å². The summed E-state index contributed by atoms with van der Waals surface area (Å²) in [7, 11) is 0. The summed E-state index contributed by atoms with van der Waals surface area (Å²) in [4.78, 5) is 10.6. The normalized spacial score (nSPS) is 15.4. The molecule has 30 heavy (non-hydrogen) atoms. The molecule has 1 atom stereocenters. The Morgan fingerprint density at radius 2 is 2.07 bits per heavy atom. The van der Waals surface area contributed by atoms with E-state index < -0.39 is 0 Å². The maximum Gasteiger partial charge on any atom is 0.187 e. The number of nitrogens with zero attached hydrogens (tertiary/aromatic N) is 4. The summed E-state index contributed by atoms with van der Waals surface area (Å²) >= 11 is 1.73. The van der Waals surface area contributed by atoms with Crippen LogP contribution in [0.1, 0.15) is 46.2 Å². The number of thiazole rings is 1. The van der Waals surface area contributed by atoms with Gasteiger partial charge in [-0.15, -0.1) is 11.3 Å². The molecule has 1 aliphatic carbocycles. The smallest absolute Gasteiger partial charge is 0.187 e. The van der Waals surface area contributed by atoms with E-state index in [4.69, 9.17) is 4.98 Å². The second-order valence-electron chi connectivity index (χ2n) is 7.57. The maximum atomic E-state index is 9.65. The summed E-state index contributed by atoms with van der Waals surface area (Å²) in [6.07, 6.45) is 7.06. The molecule has 2 aromatic heterocycles. The fourth-order valence-electron chi connectivity index (χ4n) is 4.09. The maximum absolute atomic E-state index is 9.65. The van der Waals surface area contributed by atoms with Gasteiger partial charge in [-0.05, 0) is 49.9 Å². The highest BCUT2D eigenvalue weighted by Gasteiger charge is 2.26. The van der Waals surface area contributed by atoms with Gasteiger partial charge in [0, 0.05) is 22.7 Å². The van der Waals surface area contributed by atoms with Crippen molar-refractivity contribution in [2.75, 3.05) is 5.32 Å². The monoisotopic (exact) mass is 411 g/mol. The third-order valence-corrected chi connectivity index (χ3v) is 6.56. The predicted octanol–water partition coefficient (Wildman–Crippen LogP) is 5.72. The summed E-state index contributed by atoms with van der Waals surface area (Å²) in [6.45, 7) is 1.94. The molecule has 0 saturated carbocycles. The Labute approximate surface area is 179 Å². The summed E-state index contributed by atoms with van der Waals surface area (Å²) in [6, 6.07) is 18.8. The van der Waals surface area contributed by atoms with Crippen molar-refractivity contribution in [2.45, 2.75) is 32.1 Å². The zero-order chi connectivity index (χ0) is 20.5. The SMILES string of the molecule is Cc1cn(-c2ccc(Nc3nc4c(s3)CCCC4c3ccccc3)cc2C#N)cn1. The fraction of sp³-hybridized carbons (Fsp3) is 0.208. The van der Waals surface area contributed by atoms with Crippen LogP contribution in [-0.2, 0) is 6.42 Å². The second-order valence-corrected chi connectivity index (χ2v) is 8.66. The first-order valence-corrected chi connectivity index (χ1v) is 10.9. The zero-order valence-electron chi connectivity index (χ0n) is 16.7. The van der Waals surface area contributed by atoms with E-state index in [1.807, 2.05) is 35.9 Å². The fourth-order valence-corrected chi connectivity index (χ4v) is 5.17. The van der Waals surface area contributed by atoms with Crippen LogP contribution in [0.5, 0.6) is 0 Å². The number of fused-ring (bicyclic) bond motifs is 1. The van der Waals surface area contributed by atoms with Gasteiger partial charge in [0.1, 0.15) is 6.07 Å². The number of aryl methyl sites for hydroxylation is 2. The Bertz CT molecular complexity index is 1230. The van der Waals surface area contributed by atoms with E-state index in [0.717, 1.165) is 35.0 Å². The highest BCUT2D eigenvalue weighted by molar-refractivity contribution is 7.15. The van der Waals surface area contributed by atoms with E-state index in [-0.39, 0.29) is 0 Å². The number of rotatable bonds is 4. The average molecular weight is 412 g/mol. The molecule has 0 bridgehead atoms. The lowest BCUT2D eigenvalue weighted by Crippen LogP contribution is -2.09. The number of imidazole rings is 1.